The Kier molecular flexibility index (Phi) is 6.38. The van der Waals surface area contributed by atoms with Gasteiger partial charge in [-0.3, -0.25) is 4.79 Å². The third-order valence-electron chi connectivity index (χ3n) is 4.46. The van der Waals surface area contributed by atoms with Gasteiger partial charge in [0, 0.05) is 41.5 Å². The number of carbonyl (C=O) groups is 2. The number of aromatic nitrogens is 2. The second kappa shape index (κ2) is 8.95. The molecule has 0 spiro atoms. The zero-order valence-electron chi connectivity index (χ0n) is 16.1. The van der Waals surface area contributed by atoms with Crippen LogP contribution < -0.4 is 0 Å². The van der Waals surface area contributed by atoms with E-state index in [4.69, 9.17) is 9.47 Å². The van der Waals surface area contributed by atoms with Crippen molar-refractivity contribution in [3.8, 4) is 10.6 Å². The number of aryl methyl sites for hydroxylation is 1. The van der Waals surface area contributed by atoms with Crippen molar-refractivity contribution in [2.24, 2.45) is 0 Å². The Morgan fingerprint density at radius 2 is 1.93 bits per heavy atom. The van der Waals surface area contributed by atoms with E-state index in [9.17, 15) is 9.59 Å². The Labute approximate surface area is 167 Å². The SMILES string of the molecule is COCCn1c(C)cc(C(=O)COC(=O)c2csc(-c3ccccc3)n2)c1C. The smallest absolute Gasteiger partial charge is 0.358 e. The molecule has 3 aromatic rings. The van der Waals surface area contributed by atoms with Crippen LogP contribution in [0.4, 0.5) is 0 Å². The number of Topliss-reactive ketones (excluding diaryl/α,β-unsaturated/α-hetero) is 1. The van der Waals surface area contributed by atoms with Crippen molar-refractivity contribution in [2.75, 3.05) is 20.3 Å². The molecule has 0 saturated carbocycles. The molecule has 0 saturated heterocycles. The molecule has 2 heterocycles. The number of ether oxygens (including phenoxy) is 2. The van der Waals surface area contributed by atoms with Gasteiger partial charge in [-0.25, -0.2) is 9.78 Å². The molecule has 0 amide bonds. The number of hydrogen-bond donors (Lipinski definition) is 0. The Bertz CT molecular complexity index is 976. The van der Waals surface area contributed by atoms with Crippen LogP contribution in [0.1, 0.15) is 32.2 Å². The number of carbonyl (C=O) groups excluding carboxylic acids is 2. The van der Waals surface area contributed by atoms with E-state index in [0.717, 1.165) is 22.0 Å². The highest BCUT2D eigenvalue weighted by Gasteiger charge is 2.19. The van der Waals surface area contributed by atoms with E-state index in [1.54, 1.807) is 12.5 Å². The number of thiazole rings is 1. The highest BCUT2D eigenvalue weighted by Crippen LogP contribution is 2.23. The largest absolute Gasteiger partial charge is 0.453 e. The van der Waals surface area contributed by atoms with E-state index in [2.05, 4.69) is 4.98 Å². The number of ketones is 1. The lowest BCUT2D eigenvalue weighted by molar-refractivity contribution is 0.0469. The topological polar surface area (TPSA) is 70.4 Å². The molecule has 0 unspecified atom stereocenters. The van der Waals surface area contributed by atoms with Crippen molar-refractivity contribution in [2.45, 2.75) is 20.4 Å². The number of esters is 1. The fourth-order valence-corrected chi connectivity index (χ4v) is 3.77. The van der Waals surface area contributed by atoms with Crippen LogP contribution in [0.5, 0.6) is 0 Å². The highest BCUT2D eigenvalue weighted by molar-refractivity contribution is 7.13. The van der Waals surface area contributed by atoms with Gasteiger partial charge in [-0.15, -0.1) is 11.3 Å². The van der Waals surface area contributed by atoms with Gasteiger partial charge in [0.25, 0.3) is 0 Å². The minimum Gasteiger partial charge on any atom is -0.453 e. The van der Waals surface area contributed by atoms with Crippen molar-refractivity contribution in [3.05, 3.63) is 64.4 Å². The Balaban J connectivity index is 1.64. The summed E-state index contributed by atoms with van der Waals surface area (Å²) in [5, 5.41) is 2.38. The van der Waals surface area contributed by atoms with Crippen LogP contribution in [-0.2, 0) is 16.0 Å². The second-order valence-corrected chi connectivity index (χ2v) is 7.19. The Morgan fingerprint density at radius 1 is 1.18 bits per heavy atom. The van der Waals surface area contributed by atoms with Gasteiger partial charge in [-0.05, 0) is 19.9 Å². The summed E-state index contributed by atoms with van der Waals surface area (Å²) in [6, 6.07) is 11.4. The van der Waals surface area contributed by atoms with Crippen molar-refractivity contribution in [3.63, 3.8) is 0 Å². The molecule has 0 atom stereocenters. The summed E-state index contributed by atoms with van der Waals surface area (Å²) >= 11 is 1.36. The average molecular weight is 398 g/mol. The molecule has 0 aliphatic heterocycles. The third kappa shape index (κ3) is 4.37. The summed E-state index contributed by atoms with van der Waals surface area (Å²) in [5.41, 5.74) is 3.52. The molecule has 7 heteroatoms. The summed E-state index contributed by atoms with van der Waals surface area (Å²) in [4.78, 5) is 29.1. The first-order valence-corrected chi connectivity index (χ1v) is 9.76. The molecule has 1 aromatic carbocycles. The molecule has 6 nitrogen and oxygen atoms in total. The predicted molar refractivity (Wildman–Crippen MR) is 108 cm³/mol. The molecule has 0 radical (unpaired) electrons. The lowest BCUT2D eigenvalue weighted by atomic mass is 10.1. The third-order valence-corrected chi connectivity index (χ3v) is 5.35. The van der Waals surface area contributed by atoms with E-state index < -0.39 is 5.97 Å². The number of hydrogen-bond acceptors (Lipinski definition) is 6. The van der Waals surface area contributed by atoms with E-state index in [-0.39, 0.29) is 18.1 Å². The number of rotatable bonds is 8. The minimum absolute atomic E-state index is 0.210. The van der Waals surface area contributed by atoms with Gasteiger partial charge in [0.05, 0.1) is 6.61 Å². The Morgan fingerprint density at radius 3 is 2.64 bits per heavy atom. The first kappa shape index (κ1) is 20.0. The van der Waals surface area contributed by atoms with Gasteiger partial charge in [0.15, 0.2) is 12.3 Å². The molecular weight excluding hydrogens is 376 g/mol. The number of benzene rings is 1. The quantitative estimate of drug-likeness (QED) is 0.425. The molecule has 0 bridgehead atoms. The van der Waals surface area contributed by atoms with Gasteiger partial charge in [-0.1, -0.05) is 30.3 Å². The summed E-state index contributed by atoms with van der Waals surface area (Å²) < 4.78 is 12.3. The molecular formula is C21H22N2O4S. The first-order valence-electron chi connectivity index (χ1n) is 8.88. The van der Waals surface area contributed by atoms with Gasteiger partial charge < -0.3 is 14.0 Å². The highest BCUT2D eigenvalue weighted by atomic mass is 32.1. The normalized spacial score (nSPS) is 10.8. The molecule has 0 aliphatic carbocycles. The lowest BCUT2D eigenvalue weighted by Gasteiger charge is -2.08. The predicted octanol–water partition coefficient (Wildman–Crippen LogP) is 3.91. The fourth-order valence-electron chi connectivity index (χ4n) is 2.97. The van der Waals surface area contributed by atoms with Crippen LogP contribution in [0.3, 0.4) is 0 Å². The summed E-state index contributed by atoms with van der Waals surface area (Å²) in [6.45, 7) is 4.73. The van der Waals surface area contributed by atoms with Crippen LogP contribution in [0, 0.1) is 13.8 Å². The summed E-state index contributed by atoms with van der Waals surface area (Å²) in [5.74, 6) is -0.830. The monoisotopic (exact) mass is 398 g/mol. The van der Waals surface area contributed by atoms with Gasteiger partial charge in [-0.2, -0.15) is 0 Å². The molecule has 0 aliphatic rings. The zero-order chi connectivity index (χ0) is 20.1. The number of methoxy groups -OCH3 is 1. The molecule has 28 heavy (non-hydrogen) atoms. The molecule has 0 fully saturated rings. The minimum atomic E-state index is -0.597. The van der Waals surface area contributed by atoms with Gasteiger partial charge in [0.2, 0.25) is 5.78 Å². The van der Waals surface area contributed by atoms with Crippen molar-refractivity contribution >= 4 is 23.1 Å². The molecule has 2 aromatic heterocycles. The zero-order valence-corrected chi connectivity index (χ0v) is 16.9. The first-order chi connectivity index (χ1) is 13.5. The second-order valence-electron chi connectivity index (χ2n) is 6.33. The lowest BCUT2D eigenvalue weighted by Crippen LogP contribution is -2.15. The summed E-state index contributed by atoms with van der Waals surface area (Å²) in [6.07, 6.45) is 0. The van der Waals surface area contributed by atoms with E-state index in [1.807, 2.05) is 54.8 Å². The maximum absolute atomic E-state index is 12.5. The number of nitrogens with zero attached hydrogens (tertiary/aromatic N) is 2. The van der Waals surface area contributed by atoms with Crippen molar-refractivity contribution in [1.82, 2.24) is 9.55 Å². The Hall–Kier alpha value is -2.77. The van der Waals surface area contributed by atoms with Crippen LogP contribution in [0.2, 0.25) is 0 Å². The van der Waals surface area contributed by atoms with Crippen LogP contribution in [-0.4, -0.2) is 41.6 Å². The molecule has 3 rings (SSSR count). The molecule has 146 valence electrons. The maximum atomic E-state index is 12.5. The van der Waals surface area contributed by atoms with Crippen molar-refractivity contribution < 1.29 is 19.1 Å². The van der Waals surface area contributed by atoms with Crippen LogP contribution >= 0.6 is 11.3 Å². The van der Waals surface area contributed by atoms with Gasteiger partial charge in [0.1, 0.15) is 5.01 Å². The standard InChI is InChI=1S/C21H22N2O4S/c1-14-11-17(15(2)23(14)9-10-26-3)19(24)12-27-21(25)18-13-28-20(22-18)16-7-5-4-6-8-16/h4-8,11,13H,9-10,12H2,1-3H3. The van der Waals surface area contributed by atoms with Crippen molar-refractivity contribution in [1.29, 1.82) is 0 Å². The van der Waals surface area contributed by atoms with Crippen LogP contribution in [0.25, 0.3) is 10.6 Å². The summed E-state index contributed by atoms with van der Waals surface area (Å²) in [7, 11) is 1.64. The fraction of sp³-hybridized carbons (Fsp3) is 0.286. The van der Waals surface area contributed by atoms with Gasteiger partial charge >= 0.3 is 5.97 Å². The van der Waals surface area contributed by atoms with E-state index in [0.29, 0.717) is 18.7 Å². The maximum Gasteiger partial charge on any atom is 0.358 e. The van der Waals surface area contributed by atoms with Crippen LogP contribution in [0.15, 0.2) is 41.8 Å². The molecule has 0 N–H and O–H groups in total. The van der Waals surface area contributed by atoms with E-state index >= 15 is 0 Å². The average Bonchev–Trinajstić information content (AvgIpc) is 3.30. The van der Waals surface area contributed by atoms with E-state index in [1.165, 1.54) is 11.3 Å².